The van der Waals surface area contributed by atoms with Crippen LogP contribution in [0.25, 0.3) is 0 Å². The van der Waals surface area contributed by atoms with Gasteiger partial charge in [0.25, 0.3) is 5.69 Å². The van der Waals surface area contributed by atoms with Crippen LogP contribution in [0.2, 0.25) is 0 Å². The number of aliphatic imine (C=N–C) groups is 1. The molecular formula is C16H21N5O3. The normalized spacial score (nSPS) is 11.1. The third-order valence-electron chi connectivity index (χ3n) is 3.29. The Morgan fingerprint density at radius 2 is 1.92 bits per heavy atom. The van der Waals surface area contributed by atoms with Gasteiger partial charge in [0, 0.05) is 50.9 Å². The summed E-state index contributed by atoms with van der Waals surface area (Å²) >= 11 is 0. The van der Waals surface area contributed by atoms with E-state index in [1.54, 1.807) is 25.4 Å². The number of furan rings is 1. The van der Waals surface area contributed by atoms with E-state index < -0.39 is 4.92 Å². The van der Waals surface area contributed by atoms with Crippen molar-refractivity contribution in [1.82, 2.24) is 10.6 Å². The summed E-state index contributed by atoms with van der Waals surface area (Å²) in [5.74, 6) is 1.64. The number of nitro groups is 1. The van der Waals surface area contributed by atoms with E-state index in [-0.39, 0.29) is 5.69 Å². The van der Waals surface area contributed by atoms with E-state index in [2.05, 4.69) is 20.9 Å². The maximum Gasteiger partial charge on any atom is 0.269 e. The summed E-state index contributed by atoms with van der Waals surface area (Å²) in [5.41, 5.74) is 0.919. The zero-order chi connectivity index (χ0) is 17.2. The molecule has 24 heavy (non-hydrogen) atoms. The van der Waals surface area contributed by atoms with Gasteiger partial charge >= 0.3 is 0 Å². The summed E-state index contributed by atoms with van der Waals surface area (Å²) in [7, 11) is 1.71. The van der Waals surface area contributed by atoms with Crippen molar-refractivity contribution in [1.29, 1.82) is 0 Å². The molecule has 8 heteroatoms. The molecule has 0 spiro atoms. The summed E-state index contributed by atoms with van der Waals surface area (Å²) < 4.78 is 5.27. The second kappa shape index (κ2) is 9.19. The smallest absolute Gasteiger partial charge is 0.269 e. The van der Waals surface area contributed by atoms with Crippen LogP contribution in [-0.2, 0) is 6.42 Å². The fraction of sp³-hybridized carbons (Fsp3) is 0.312. The highest BCUT2D eigenvalue weighted by molar-refractivity contribution is 5.79. The Morgan fingerprint density at radius 1 is 1.17 bits per heavy atom. The van der Waals surface area contributed by atoms with Gasteiger partial charge in [-0.3, -0.25) is 15.1 Å². The third kappa shape index (κ3) is 5.64. The highest BCUT2D eigenvalue weighted by atomic mass is 16.6. The number of guanidine groups is 1. The first kappa shape index (κ1) is 17.3. The first-order valence-corrected chi connectivity index (χ1v) is 7.64. The minimum Gasteiger partial charge on any atom is -0.469 e. The van der Waals surface area contributed by atoms with Crippen LogP contribution < -0.4 is 16.0 Å². The van der Waals surface area contributed by atoms with Gasteiger partial charge in [0.1, 0.15) is 5.76 Å². The van der Waals surface area contributed by atoms with Crippen LogP contribution in [-0.4, -0.2) is 37.6 Å². The van der Waals surface area contributed by atoms with Gasteiger partial charge in [0.05, 0.1) is 11.2 Å². The molecule has 1 aromatic heterocycles. The molecule has 0 saturated heterocycles. The highest BCUT2D eigenvalue weighted by Crippen LogP contribution is 2.14. The van der Waals surface area contributed by atoms with Gasteiger partial charge in [-0.15, -0.1) is 0 Å². The molecule has 0 bridgehead atoms. The van der Waals surface area contributed by atoms with Crippen LogP contribution in [0.15, 0.2) is 52.1 Å². The first-order chi connectivity index (χ1) is 11.7. The molecule has 0 radical (unpaired) electrons. The van der Waals surface area contributed by atoms with Crippen molar-refractivity contribution >= 4 is 17.3 Å². The van der Waals surface area contributed by atoms with Gasteiger partial charge in [-0.1, -0.05) is 0 Å². The van der Waals surface area contributed by atoms with Gasteiger partial charge in [0.2, 0.25) is 0 Å². The minimum absolute atomic E-state index is 0.0832. The van der Waals surface area contributed by atoms with E-state index in [1.165, 1.54) is 12.1 Å². The fourth-order valence-corrected chi connectivity index (χ4v) is 2.07. The highest BCUT2D eigenvalue weighted by Gasteiger charge is 2.03. The van der Waals surface area contributed by atoms with Crippen molar-refractivity contribution in [3.63, 3.8) is 0 Å². The molecule has 128 valence electrons. The molecule has 0 atom stereocenters. The molecule has 0 amide bonds. The summed E-state index contributed by atoms with van der Waals surface area (Å²) in [6, 6.07) is 10.1. The lowest BCUT2D eigenvalue weighted by Crippen LogP contribution is -2.40. The molecule has 0 aliphatic carbocycles. The number of anilines is 1. The van der Waals surface area contributed by atoms with Gasteiger partial charge in [-0.05, 0) is 24.3 Å². The molecule has 2 rings (SSSR count). The van der Waals surface area contributed by atoms with Crippen LogP contribution in [0.1, 0.15) is 5.76 Å². The molecule has 0 aliphatic rings. The van der Waals surface area contributed by atoms with Crippen molar-refractivity contribution in [3.8, 4) is 0 Å². The maximum atomic E-state index is 10.6. The molecule has 0 aliphatic heterocycles. The minimum atomic E-state index is -0.413. The number of hydrogen-bond acceptors (Lipinski definition) is 5. The average molecular weight is 331 g/mol. The molecule has 0 fully saturated rings. The van der Waals surface area contributed by atoms with Gasteiger partial charge in [-0.2, -0.15) is 0 Å². The molecule has 2 aromatic rings. The molecular weight excluding hydrogens is 310 g/mol. The fourth-order valence-electron chi connectivity index (χ4n) is 2.07. The van der Waals surface area contributed by atoms with Crippen LogP contribution >= 0.6 is 0 Å². The molecule has 8 nitrogen and oxygen atoms in total. The van der Waals surface area contributed by atoms with E-state index in [1.807, 2.05) is 12.1 Å². The van der Waals surface area contributed by atoms with Gasteiger partial charge < -0.3 is 20.4 Å². The maximum absolute atomic E-state index is 10.6. The molecule has 0 saturated carbocycles. The van der Waals surface area contributed by atoms with Crippen molar-refractivity contribution in [2.75, 3.05) is 32.0 Å². The number of benzene rings is 1. The monoisotopic (exact) mass is 331 g/mol. The topological polar surface area (TPSA) is 105 Å². The Bertz CT molecular complexity index is 653. The summed E-state index contributed by atoms with van der Waals surface area (Å²) in [4.78, 5) is 14.3. The lowest BCUT2D eigenvalue weighted by atomic mass is 10.3. The van der Waals surface area contributed by atoms with E-state index in [4.69, 9.17) is 4.42 Å². The summed E-state index contributed by atoms with van der Waals surface area (Å²) in [5, 5.41) is 20.2. The lowest BCUT2D eigenvalue weighted by molar-refractivity contribution is -0.384. The molecule has 1 heterocycles. The van der Waals surface area contributed by atoms with Crippen LogP contribution in [0, 0.1) is 10.1 Å². The number of nitrogens with zero attached hydrogens (tertiary/aromatic N) is 2. The van der Waals surface area contributed by atoms with Crippen molar-refractivity contribution < 1.29 is 9.34 Å². The van der Waals surface area contributed by atoms with Gasteiger partial charge in [-0.25, -0.2) is 0 Å². The molecule has 0 unspecified atom stereocenters. The quantitative estimate of drug-likeness (QED) is 0.225. The van der Waals surface area contributed by atoms with Crippen LogP contribution in [0.4, 0.5) is 11.4 Å². The Morgan fingerprint density at radius 3 is 2.54 bits per heavy atom. The Kier molecular flexibility index (Phi) is 6.63. The van der Waals surface area contributed by atoms with E-state index in [0.29, 0.717) is 19.0 Å². The van der Waals surface area contributed by atoms with Gasteiger partial charge in [0.15, 0.2) is 5.96 Å². The average Bonchev–Trinajstić information content (AvgIpc) is 3.10. The number of non-ortho nitro benzene ring substituents is 1. The third-order valence-corrected chi connectivity index (χ3v) is 3.29. The van der Waals surface area contributed by atoms with Crippen molar-refractivity contribution in [2.24, 2.45) is 4.99 Å². The predicted octanol–water partition coefficient (Wildman–Crippen LogP) is 2.01. The Balaban J connectivity index is 1.63. The SMILES string of the molecule is CN=C(NCCNc1ccc([N+](=O)[O-])cc1)NCCc1ccco1. The van der Waals surface area contributed by atoms with Crippen LogP contribution in [0.3, 0.4) is 0 Å². The number of nitro benzene ring substituents is 1. The second-order valence-electron chi connectivity index (χ2n) is 4.99. The standard InChI is InChI=1S/C16H21N5O3/c1-17-16(19-9-8-15-3-2-12-24-15)20-11-10-18-13-4-6-14(7-5-13)21(22)23/h2-7,12,18H,8-11H2,1H3,(H2,17,19,20). The second-order valence-corrected chi connectivity index (χ2v) is 4.99. The summed E-state index contributed by atoms with van der Waals surface area (Å²) in [6.45, 7) is 2.05. The van der Waals surface area contributed by atoms with E-state index in [9.17, 15) is 10.1 Å². The molecule has 1 aromatic carbocycles. The lowest BCUT2D eigenvalue weighted by Gasteiger charge is -2.12. The number of nitrogens with one attached hydrogen (secondary N) is 3. The van der Waals surface area contributed by atoms with E-state index in [0.717, 1.165) is 24.4 Å². The number of hydrogen-bond donors (Lipinski definition) is 3. The van der Waals surface area contributed by atoms with Crippen molar-refractivity contribution in [3.05, 3.63) is 58.5 Å². The zero-order valence-electron chi connectivity index (χ0n) is 13.5. The van der Waals surface area contributed by atoms with E-state index >= 15 is 0 Å². The predicted molar refractivity (Wildman–Crippen MR) is 93.4 cm³/mol. The number of rotatable bonds is 8. The largest absolute Gasteiger partial charge is 0.469 e. The Labute approximate surface area is 140 Å². The first-order valence-electron chi connectivity index (χ1n) is 7.64. The zero-order valence-corrected chi connectivity index (χ0v) is 13.5. The Hall–Kier alpha value is -3.03. The van der Waals surface area contributed by atoms with Crippen molar-refractivity contribution in [2.45, 2.75) is 6.42 Å². The molecule has 3 N–H and O–H groups in total. The summed E-state index contributed by atoms with van der Waals surface area (Å²) in [6.07, 6.45) is 2.45. The van der Waals surface area contributed by atoms with Crippen LogP contribution in [0.5, 0.6) is 0 Å².